The molecule has 0 spiro atoms. The summed E-state index contributed by atoms with van der Waals surface area (Å²) in [5.41, 5.74) is -1.19. The lowest BCUT2D eigenvalue weighted by Crippen LogP contribution is -2.34. The van der Waals surface area contributed by atoms with Crippen LogP contribution in [-0.2, 0) is 12.7 Å². The van der Waals surface area contributed by atoms with E-state index in [1.165, 1.54) is 58.7 Å². The van der Waals surface area contributed by atoms with E-state index in [0.717, 1.165) is 12.1 Å². The van der Waals surface area contributed by atoms with Crippen molar-refractivity contribution < 1.29 is 32.6 Å². The molecule has 0 bridgehead atoms. The monoisotopic (exact) mass is 558 g/mol. The van der Waals surface area contributed by atoms with E-state index in [0.29, 0.717) is 17.9 Å². The largest absolute Gasteiger partial charge is 0.478 e. The second-order valence-corrected chi connectivity index (χ2v) is 9.04. The Kier molecular flexibility index (Phi) is 6.91. The Morgan fingerprint density at radius 1 is 1.08 bits per heavy atom. The molecule has 14 heteroatoms. The van der Waals surface area contributed by atoms with Gasteiger partial charge < -0.3 is 14.7 Å². The molecule has 1 fully saturated rings. The Morgan fingerprint density at radius 2 is 1.82 bits per heavy atom. The lowest BCUT2D eigenvalue weighted by Gasteiger charge is -2.24. The predicted molar refractivity (Wildman–Crippen MR) is 131 cm³/mol. The van der Waals surface area contributed by atoms with Gasteiger partial charge in [-0.15, -0.1) is 0 Å². The van der Waals surface area contributed by atoms with Crippen LogP contribution in [0.3, 0.4) is 0 Å². The van der Waals surface area contributed by atoms with Crippen LogP contribution < -0.4 is 9.64 Å². The van der Waals surface area contributed by atoms with E-state index in [9.17, 15) is 27.9 Å². The first-order valence-electron chi connectivity index (χ1n) is 11.5. The van der Waals surface area contributed by atoms with E-state index in [-0.39, 0.29) is 40.8 Å². The normalized spacial score (nSPS) is 13.2. The van der Waals surface area contributed by atoms with Gasteiger partial charge in [-0.05, 0) is 54.8 Å². The first-order valence-corrected chi connectivity index (χ1v) is 11.9. The highest BCUT2D eigenvalue weighted by Crippen LogP contribution is 2.40. The van der Waals surface area contributed by atoms with E-state index < -0.39 is 29.5 Å². The van der Waals surface area contributed by atoms with Crippen LogP contribution in [0, 0.1) is 0 Å². The van der Waals surface area contributed by atoms with E-state index in [1.54, 1.807) is 0 Å². The minimum atomic E-state index is -4.81. The van der Waals surface area contributed by atoms with Crippen LogP contribution in [0.15, 0.2) is 61.2 Å². The molecule has 5 rings (SSSR count). The fourth-order valence-corrected chi connectivity index (χ4v) is 3.97. The van der Waals surface area contributed by atoms with Gasteiger partial charge in [0, 0.05) is 18.4 Å². The topological polar surface area (TPSA) is 123 Å². The maximum Gasteiger partial charge on any atom is 0.421 e. The number of anilines is 1. The first kappa shape index (κ1) is 26.1. The van der Waals surface area contributed by atoms with Crippen LogP contribution >= 0.6 is 11.6 Å². The number of pyridine rings is 2. The Hall–Kier alpha value is -4.52. The molecule has 1 aliphatic rings. The molecule has 1 aromatic carbocycles. The van der Waals surface area contributed by atoms with Crippen LogP contribution in [-0.4, -0.2) is 48.0 Å². The summed E-state index contributed by atoms with van der Waals surface area (Å²) in [5.74, 6) is -2.90. The summed E-state index contributed by atoms with van der Waals surface area (Å²) in [6.07, 6.45) is 1.76. The first-order chi connectivity index (χ1) is 18.6. The molecule has 3 heterocycles. The van der Waals surface area contributed by atoms with Gasteiger partial charge in [0.25, 0.3) is 5.91 Å². The van der Waals surface area contributed by atoms with Crippen molar-refractivity contribution in [1.82, 2.24) is 25.0 Å². The summed E-state index contributed by atoms with van der Waals surface area (Å²) in [5, 5.41) is 18.0. The fourth-order valence-electron chi connectivity index (χ4n) is 3.86. The summed E-state index contributed by atoms with van der Waals surface area (Å²) in [7, 11) is 0. The number of aromatic carboxylic acids is 1. The molecular formula is C25H18ClF3N6O4. The minimum absolute atomic E-state index is 0.0469. The number of rotatable bonds is 8. The number of amides is 1. The quantitative estimate of drug-likeness (QED) is 0.317. The van der Waals surface area contributed by atoms with Crippen molar-refractivity contribution >= 4 is 29.2 Å². The molecule has 0 saturated heterocycles. The lowest BCUT2D eigenvalue weighted by molar-refractivity contribution is -0.139. The minimum Gasteiger partial charge on any atom is -0.478 e. The van der Waals surface area contributed by atoms with Crippen LogP contribution in [0.1, 0.15) is 44.8 Å². The van der Waals surface area contributed by atoms with Crippen molar-refractivity contribution in [2.75, 3.05) is 4.90 Å². The van der Waals surface area contributed by atoms with E-state index in [4.69, 9.17) is 16.3 Å². The number of nitrogens with zero attached hydrogens (tertiary/aromatic N) is 6. The molecule has 4 aromatic rings. The van der Waals surface area contributed by atoms with Gasteiger partial charge in [0.05, 0.1) is 35.2 Å². The van der Waals surface area contributed by atoms with Gasteiger partial charge in [-0.3, -0.25) is 4.79 Å². The molecule has 39 heavy (non-hydrogen) atoms. The van der Waals surface area contributed by atoms with Gasteiger partial charge in [-0.2, -0.15) is 28.2 Å². The second kappa shape index (κ2) is 10.3. The highest BCUT2D eigenvalue weighted by Gasteiger charge is 2.38. The zero-order chi connectivity index (χ0) is 27.7. The summed E-state index contributed by atoms with van der Waals surface area (Å²) in [6.45, 7) is -0.0469. The molecule has 0 atom stereocenters. The van der Waals surface area contributed by atoms with Crippen molar-refractivity contribution in [3.8, 4) is 11.6 Å². The van der Waals surface area contributed by atoms with Crippen molar-refractivity contribution in [1.29, 1.82) is 0 Å². The number of carboxylic acid groups (broad SMARTS) is 1. The van der Waals surface area contributed by atoms with Crippen molar-refractivity contribution in [3.05, 3.63) is 88.6 Å². The highest BCUT2D eigenvalue weighted by molar-refractivity contribution is 6.30. The molecule has 10 nitrogen and oxygen atoms in total. The molecular weight excluding hydrogens is 541 g/mol. The number of ether oxygens (including phenoxy) is 1. The molecule has 1 amide bonds. The molecule has 0 aliphatic heterocycles. The van der Waals surface area contributed by atoms with E-state index >= 15 is 0 Å². The number of benzene rings is 1. The molecule has 0 unspecified atom stereocenters. The Bertz CT molecular complexity index is 1530. The van der Waals surface area contributed by atoms with Crippen molar-refractivity contribution in [2.24, 2.45) is 0 Å². The third kappa shape index (κ3) is 5.82. The van der Waals surface area contributed by atoms with Crippen molar-refractivity contribution in [3.63, 3.8) is 0 Å². The van der Waals surface area contributed by atoms with Gasteiger partial charge in [0.2, 0.25) is 5.88 Å². The van der Waals surface area contributed by atoms with Gasteiger partial charge in [0.1, 0.15) is 17.0 Å². The molecule has 1 aliphatic carbocycles. The summed E-state index contributed by atoms with van der Waals surface area (Å²) in [4.78, 5) is 35.8. The van der Waals surface area contributed by atoms with Crippen LogP contribution in [0.2, 0.25) is 5.02 Å². The van der Waals surface area contributed by atoms with E-state index in [1.807, 2.05) is 0 Å². The molecule has 1 N–H and O–H groups in total. The van der Waals surface area contributed by atoms with Gasteiger partial charge in [-0.25, -0.2) is 14.8 Å². The Morgan fingerprint density at radius 3 is 2.44 bits per heavy atom. The van der Waals surface area contributed by atoms with Crippen LogP contribution in [0.4, 0.5) is 18.9 Å². The zero-order valence-electron chi connectivity index (χ0n) is 19.8. The number of carboxylic acids is 1. The van der Waals surface area contributed by atoms with Crippen LogP contribution in [0.5, 0.6) is 11.6 Å². The van der Waals surface area contributed by atoms with Gasteiger partial charge >= 0.3 is 12.1 Å². The third-order valence-electron chi connectivity index (χ3n) is 5.75. The van der Waals surface area contributed by atoms with Gasteiger partial charge in [0.15, 0.2) is 0 Å². The molecule has 0 radical (unpaired) electrons. The molecule has 200 valence electrons. The SMILES string of the molecule is O=C(O)c1cc(Oc2ncc(Cn3nccn3)cc2C(F)(F)F)ccc1N(C(=O)c1ccc(Cl)cn1)C1CC1. The number of hydrogen-bond donors (Lipinski definition) is 1. The smallest absolute Gasteiger partial charge is 0.421 e. The molecule has 1 saturated carbocycles. The average Bonchev–Trinajstić information content (AvgIpc) is 3.59. The summed E-state index contributed by atoms with van der Waals surface area (Å²) >= 11 is 5.86. The average molecular weight is 559 g/mol. The lowest BCUT2D eigenvalue weighted by atomic mass is 10.1. The second-order valence-electron chi connectivity index (χ2n) is 8.61. The van der Waals surface area contributed by atoms with E-state index in [2.05, 4.69) is 20.2 Å². The number of hydrogen-bond acceptors (Lipinski definition) is 7. The maximum absolute atomic E-state index is 13.8. The third-order valence-corrected chi connectivity index (χ3v) is 5.98. The Balaban J connectivity index is 1.47. The number of carbonyl (C=O) groups is 2. The van der Waals surface area contributed by atoms with Crippen LogP contribution in [0.25, 0.3) is 0 Å². The number of alkyl halides is 3. The standard InChI is InChI=1S/C25H18ClF3N6O4/c26-15-1-5-20(30-12-15)23(36)35(16-2-3-16)21-6-4-17(10-18(21)24(37)38)39-22-19(25(27,28)29)9-14(11-31-22)13-34-32-7-8-33-34/h1,4-12,16H,2-3,13H2,(H,37,38). The van der Waals surface area contributed by atoms with Crippen molar-refractivity contribution in [2.45, 2.75) is 31.6 Å². The van der Waals surface area contributed by atoms with Gasteiger partial charge in [-0.1, -0.05) is 11.6 Å². The predicted octanol–water partition coefficient (Wildman–Crippen LogP) is 5.09. The molecule has 3 aromatic heterocycles. The fraction of sp³-hybridized carbons (Fsp3) is 0.200. The number of carbonyl (C=O) groups excluding carboxylic acids is 1. The maximum atomic E-state index is 13.8. The highest BCUT2D eigenvalue weighted by atomic mass is 35.5. The summed E-state index contributed by atoms with van der Waals surface area (Å²) in [6, 6.07) is 7.18. The number of halogens is 4. The number of aromatic nitrogens is 5. The summed E-state index contributed by atoms with van der Waals surface area (Å²) < 4.78 is 47.0. The Labute approximate surface area is 223 Å². The zero-order valence-corrected chi connectivity index (χ0v) is 20.6.